The molecule has 0 aromatic carbocycles. The van der Waals surface area contributed by atoms with Crippen molar-refractivity contribution in [2.45, 2.75) is 33.2 Å². The normalized spacial score (nSPS) is 12.5. The Balaban J connectivity index is 2.93. The number of aromatic nitrogens is 1. The highest BCUT2D eigenvalue weighted by molar-refractivity contribution is 5.56. The zero-order chi connectivity index (χ0) is 13.7. The third-order valence-electron chi connectivity index (χ3n) is 2.59. The average Bonchev–Trinajstić information content (AvgIpc) is 2.27. The molecule has 0 aliphatic rings. The molecule has 1 atom stereocenters. The average molecular weight is 252 g/mol. The van der Waals surface area contributed by atoms with E-state index in [4.69, 9.17) is 5.73 Å². The molecule has 1 heterocycles. The molecule has 6 nitrogen and oxygen atoms in total. The van der Waals surface area contributed by atoms with E-state index < -0.39 is 4.92 Å². The smallest absolute Gasteiger partial charge is 0.311 e. The zero-order valence-electron chi connectivity index (χ0n) is 11.0. The van der Waals surface area contributed by atoms with Gasteiger partial charge in [0.05, 0.1) is 4.92 Å². The Kier molecular flexibility index (Phi) is 5.03. The number of hydrogen-bond acceptors (Lipinski definition) is 5. The number of nitrogens with zero attached hydrogens (tertiary/aromatic N) is 2. The Morgan fingerprint density at radius 2 is 2.17 bits per heavy atom. The number of nitrogens with two attached hydrogens (primary N) is 1. The molecule has 0 saturated carbocycles. The molecule has 1 rings (SSSR count). The van der Waals surface area contributed by atoms with Crippen molar-refractivity contribution in [2.24, 2.45) is 11.7 Å². The van der Waals surface area contributed by atoms with E-state index >= 15 is 0 Å². The van der Waals surface area contributed by atoms with Gasteiger partial charge in [0.2, 0.25) is 5.82 Å². The summed E-state index contributed by atoms with van der Waals surface area (Å²) in [6.07, 6.45) is 0.850. The Labute approximate surface area is 107 Å². The lowest BCUT2D eigenvalue weighted by Gasteiger charge is -2.19. The van der Waals surface area contributed by atoms with Crippen molar-refractivity contribution < 1.29 is 4.92 Å². The Bertz CT molecular complexity index is 421. The van der Waals surface area contributed by atoms with Crippen LogP contribution in [0.1, 0.15) is 26.0 Å². The van der Waals surface area contributed by atoms with Crippen LogP contribution in [0.5, 0.6) is 0 Å². The van der Waals surface area contributed by atoms with E-state index in [0.717, 1.165) is 12.1 Å². The topological polar surface area (TPSA) is 94.1 Å². The lowest BCUT2D eigenvalue weighted by Crippen LogP contribution is -2.31. The van der Waals surface area contributed by atoms with E-state index in [1.807, 2.05) is 0 Å². The third-order valence-corrected chi connectivity index (χ3v) is 2.59. The van der Waals surface area contributed by atoms with Gasteiger partial charge in [-0.15, -0.1) is 0 Å². The fourth-order valence-electron chi connectivity index (χ4n) is 1.78. The first-order valence-corrected chi connectivity index (χ1v) is 6.02. The number of aryl methyl sites for hydroxylation is 1. The van der Waals surface area contributed by atoms with E-state index in [9.17, 15) is 10.1 Å². The molecule has 6 heteroatoms. The van der Waals surface area contributed by atoms with Crippen LogP contribution in [0.25, 0.3) is 0 Å². The lowest BCUT2D eigenvalue weighted by molar-refractivity contribution is -0.384. The molecule has 0 bridgehead atoms. The first kappa shape index (κ1) is 14.4. The van der Waals surface area contributed by atoms with E-state index in [1.165, 1.54) is 6.07 Å². The molecule has 0 spiro atoms. The number of pyridine rings is 1. The first-order valence-electron chi connectivity index (χ1n) is 6.02. The van der Waals surface area contributed by atoms with Crippen molar-refractivity contribution in [1.82, 2.24) is 4.98 Å². The van der Waals surface area contributed by atoms with Crippen molar-refractivity contribution in [3.63, 3.8) is 0 Å². The second-order valence-electron chi connectivity index (χ2n) is 4.78. The molecule has 18 heavy (non-hydrogen) atoms. The van der Waals surface area contributed by atoms with Crippen LogP contribution in [0, 0.1) is 23.0 Å². The number of nitro groups is 1. The molecule has 0 aliphatic carbocycles. The molecule has 1 unspecified atom stereocenters. The molecular formula is C12H20N4O2. The largest absolute Gasteiger partial charge is 0.360 e. The summed E-state index contributed by atoms with van der Waals surface area (Å²) in [4.78, 5) is 14.7. The molecule has 0 radical (unpaired) electrons. The molecule has 3 N–H and O–H groups in total. The van der Waals surface area contributed by atoms with E-state index in [1.54, 1.807) is 13.0 Å². The summed E-state index contributed by atoms with van der Waals surface area (Å²) in [5, 5.41) is 14.0. The quantitative estimate of drug-likeness (QED) is 0.597. The van der Waals surface area contributed by atoms with Crippen LogP contribution in [0.2, 0.25) is 0 Å². The minimum absolute atomic E-state index is 0.00185. The van der Waals surface area contributed by atoms with Gasteiger partial charge in [-0.05, 0) is 25.3 Å². The highest BCUT2D eigenvalue weighted by Gasteiger charge is 2.18. The van der Waals surface area contributed by atoms with Gasteiger partial charge in [0.15, 0.2) is 0 Å². The second kappa shape index (κ2) is 6.30. The van der Waals surface area contributed by atoms with Crippen LogP contribution in [0.15, 0.2) is 12.1 Å². The van der Waals surface area contributed by atoms with Crippen molar-refractivity contribution in [3.8, 4) is 0 Å². The standard InChI is InChI=1S/C12H20N4O2/c1-8(2)6-10(7-13)15-12-11(16(17)18)5-4-9(3)14-12/h4-5,8,10H,6-7,13H2,1-3H3,(H,14,15). The van der Waals surface area contributed by atoms with Gasteiger partial charge in [-0.2, -0.15) is 0 Å². The highest BCUT2D eigenvalue weighted by Crippen LogP contribution is 2.23. The van der Waals surface area contributed by atoms with Crippen LogP contribution in [-0.4, -0.2) is 22.5 Å². The monoisotopic (exact) mass is 252 g/mol. The molecule has 1 aromatic rings. The maximum atomic E-state index is 10.9. The number of hydrogen-bond donors (Lipinski definition) is 2. The molecule has 100 valence electrons. The van der Waals surface area contributed by atoms with Crippen LogP contribution in [-0.2, 0) is 0 Å². The summed E-state index contributed by atoms with van der Waals surface area (Å²) in [5.74, 6) is 0.769. The van der Waals surface area contributed by atoms with Gasteiger partial charge in [-0.3, -0.25) is 10.1 Å². The molecule has 0 aliphatic heterocycles. The fourth-order valence-corrected chi connectivity index (χ4v) is 1.78. The maximum Gasteiger partial charge on any atom is 0.311 e. The lowest BCUT2D eigenvalue weighted by atomic mass is 10.0. The fraction of sp³-hybridized carbons (Fsp3) is 0.583. The molecule has 0 amide bonds. The molecule has 0 saturated heterocycles. The summed E-state index contributed by atoms with van der Waals surface area (Å²) in [7, 11) is 0. The van der Waals surface area contributed by atoms with Crippen molar-refractivity contribution >= 4 is 11.5 Å². The van der Waals surface area contributed by atoms with Gasteiger partial charge in [0.25, 0.3) is 0 Å². The van der Waals surface area contributed by atoms with Gasteiger partial charge < -0.3 is 11.1 Å². The summed E-state index contributed by atoms with van der Waals surface area (Å²) in [6, 6.07) is 3.09. The number of rotatable bonds is 6. The predicted octanol–water partition coefficient (Wildman–Crippen LogP) is 2.08. The summed E-state index contributed by atoms with van der Waals surface area (Å²) >= 11 is 0. The maximum absolute atomic E-state index is 10.9. The van der Waals surface area contributed by atoms with Gasteiger partial charge in [-0.1, -0.05) is 13.8 Å². The minimum atomic E-state index is -0.433. The third kappa shape index (κ3) is 3.96. The molecular weight excluding hydrogens is 232 g/mol. The van der Waals surface area contributed by atoms with Gasteiger partial charge in [0.1, 0.15) is 0 Å². The zero-order valence-corrected chi connectivity index (χ0v) is 11.0. The Hall–Kier alpha value is -1.69. The van der Waals surface area contributed by atoms with Crippen molar-refractivity contribution in [1.29, 1.82) is 0 Å². The summed E-state index contributed by atoms with van der Waals surface area (Å²) in [5.41, 5.74) is 6.40. The van der Waals surface area contributed by atoms with Gasteiger partial charge in [-0.25, -0.2) is 4.98 Å². The van der Waals surface area contributed by atoms with Crippen molar-refractivity contribution in [2.75, 3.05) is 11.9 Å². The Morgan fingerprint density at radius 1 is 1.50 bits per heavy atom. The van der Waals surface area contributed by atoms with Gasteiger partial charge in [0, 0.05) is 24.3 Å². The Morgan fingerprint density at radius 3 is 2.67 bits per heavy atom. The van der Waals surface area contributed by atoms with Crippen molar-refractivity contribution in [3.05, 3.63) is 27.9 Å². The van der Waals surface area contributed by atoms with Crippen LogP contribution in [0.4, 0.5) is 11.5 Å². The molecule has 1 aromatic heterocycles. The van der Waals surface area contributed by atoms with Crippen LogP contribution >= 0.6 is 0 Å². The highest BCUT2D eigenvalue weighted by atomic mass is 16.6. The van der Waals surface area contributed by atoms with Crippen LogP contribution in [0.3, 0.4) is 0 Å². The van der Waals surface area contributed by atoms with Gasteiger partial charge >= 0.3 is 5.69 Å². The molecule has 0 fully saturated rings. The predicted molar refractivity (Wildman–Crippen MR) is 71.5 cm³/mol. The van der Waals surface area contributed by atoms with E-state index in [0.29, 0.717) is 18.3 Å². The number of nitrogens with one attached hydrogen (secondary N) is 1. The second-order valence-corrected chi connectivity index (χ2v) is 4.78. The first-order chi connectivity index (χ1) is 8.43. The summed E-state index contributed by atoms with van der Waals surface area (Å²) < 4.78 is 0. The number of anilines is 1. The SMILES string of the molecule is Cc1ccc([N+](=O)[O-])c(NC(CN)CC(C)C)n1. The minimum Gasteiger partial charge on any atom is -0.360 e. The van der Waals surface area contributed by atoms with E-state index in [2.05, 4.69) is 24.1 Å². The van der Waals surface area contributed by atoms with E-state index in [-0.39, 0.29) is 11.7 Å². The van der Waals surface area contributed by atoms with Crippen LogP contribution < -0.4 is 11.1 Å². The summed E-state index contributed by atoms with van der Waals surface area (Å²) in [6.45, 7) is 6.39.